The molecular formula is C8H14N2O2. The maximum Gasteiger partial charge on any atom is 0.120 e. The average Bonchev–Trinajstić information content (AvgIpc) is 2.77. The molecule has 0 unspecified atom stereocenters. The maximum atomic E-state index is 5.24. The highest BCUT2D eigenvalue weighted by molar-refractivity contribution is 4.94. The van der Waals surface area contributed by atoms with Gasteiger partial charge < -0.3 is 19.3 Å². The van der Waals surface area contributed by atoms with Crippen LogP contribution in [0.4, 0.5) is 0 Å². The van der Waals surface area contributed by atoms with Crippen LogP contribution in [0.1, 0.15) is 0 Å². The van der Waals surface area contributed by atoms with Crippen LogP contribution in [0.2, 0.25) is 0 Å². The summed E-state index contributed by atoms with van der Waals surface area (Å²) in [6.07, 6.45) is 0. The van der Waals surface area contributed by atoms with E-state index in [1.807, 2.05) is 0 Å². The Labute approximate surface area is 72.3 Å². The van der Waals surface area contributed by atoms with Gasteiger partial charge in [-0.2, -0.15) is 0 Å². The van der Waals surface area contributed by atoms with Crippen molar-refractivity contribution >= 4 is 0 Å². The molecule has 0 spiro atoms. The third-order valence-corrected chi connectivity index (χ3v) is 2.24. The summed E-state index contributed by atoms with van der Waals surface area (Å²) in [5.41, 5.74) is 0. The normalized spacial score (nSPS) is 23.7. The van der Waals surface area contributed by atoms with Gasteiger partial charge in [0.2, 0.25) is 0 Å². The molecule has 4 nitrogen and oxygen atoms in total. The molecule has 4 heteroatoms. The maximum absolute atomic E-state index is 5.24. The third-order valence-electron chi connectivity index (χ3n) is 2.24. The zero-order valence-corrected chi connectivity index (χ0v) is 7.16. The van der Waals surface area contributed by atoms with Gasteiger partial charge in [0.05, 0.1) is 13.2 Å². The summed E-state index contributed by atoms with van der Waals surface area (Å²) < 4.78 is 10.5. The first-order valence-corrected chi connectivity index (χ1v) is 4.22. The molecule has 0 aromatic rings. The van der Waals surface area contributed by atoms with Gasteiger partial charge in [0, 0.05) is 13.1 Å². The Hall–Kier alpha value is -0.740. The zero-order chi connectivity index (χ0) is 8.39. The van der Waals surface area contributed by atoms with Gasteiger partial charge in [0.25, 0.3) is 0 Å². The van der Waals surface area contributed by atoms with Crippen LogP contribution in [0.25, 0.3) is 0 Å². The molecule has 0 aromatic carbocycles. The molecule has 2 rings (SSSR count). The highest BCUT2D eigenvalue weighted by Crippen LogP contribution is 2.14. The van der Waals surface area contributed by atoms with Crippen molar-refractivity contribution in [2.24, 2.45) is 0 Å². The first-order valence-electron chi connectivity index (χ1n) is 4.22. The first kappa shape index (κ1) is 7.89. The second-order valence-electron chi connectivity index (χ2n) is 3.02. The monoisotopic (exact) mass is 170 g/mol. The van der Waals surface area contributed by atoms with Gasteiger partial charge in [-0.3, -0.25) is 0 Å². The molecule has 2 saturated heterocycles. The largest absolute Gasteiger partial charge is 0.359 e. The molecule has 0 aromatic heterocycles. The van der Waals surface area contributed by atoms with E-state index in [4.69, 9.17) is 9.47 Å². The van der Waals surface area contributed by atoms with Crippen LogP contribution in [0, 0.1) is 0 Å². The van der Waals surface area contributed by atoms with Gasteiger partial charge in [-0.15, -0.1) is 0 Å². The highest BCUT2D eigenvalue weighted by atomic mass is 16.5. The van der Waals surface area contributed by atoms with E-state index >= 15 is 0 Å². The van der Waals surface area contributed by atoms with Gasteiger partial charge in [-0.25, -0.2) is 0 Å². The van der Waals surface area contributed by atoms with E-state index < -0.39 is 0 Å². The fourth-order valence-corrected chi connectivity index (χ4v) is 1.44. The topological polar surface area (TPSA) is 24.9 Å². The molecular weight excluding hydrogens is 156 g/mol. The summed E-state index contributed by atoms with van der Waals surface area (Å²) >= 11 is 0. The summed E-state index contributed by atoms with van der Waals surface area (Å²) in [6, 6.07) is 0. The Bertz CT molecular complexity index is 154. The number of nitrogens with zero attached hydrogens (tertiary/aromatic N) is 2. The van der Waals surface area contributed by atoms with E-state index in [0.717, 1.165) is 32.1 Å². The Balaban J connectivity index is 1.89. The van der Waals surface area contributed by atoms with Crippen molar-refractivity contribution < 1.29 is 9.47 Å². The van der Waals surface area contributed by atoms with Crippen LogP contribution in [0.5, 0.6) is 0 Å². The average molecular weight is 170 g/mol. The highest BCUT2D eigenvalue weighted by Gasteiger charge is 2.21. The summed E-state index contributed by atoms with van der Waals surface area (Å²) in [4.78, 5) is 4.27. The second kappa shape index (κ2) is 3.33. The minimum absolute atomic E-state index is 0.676. The predicted molar refractivity (Wildman–Crippen MR) is 44.2 cm³/mol. The Kier molecular flexibility index (Phi) is 2.19. The summed E-state index contributed by atoms with van der Waals surface area (Å²) in [5.74, 6) is 1.03. The molecule has 0 saturated carbocycles. The minimum atomic E-state index is 0.676. The quantitative estimate of drug-likeness (QED) is 0.584. The van der Waals surface area contributed by atoms with Crippen molar-refractivity contribution in [3.8, 4) is 0 Å². The van der Waals surface area contributed by atoms with Gasteiger partial charge in [-0.1, -0.05) is 6.58 Å². The van der Waals surface area contributed by atoms with Crippen molar-refractivity contribution in [1.82, 2.24) is 9.80 Å². The van der Waals surface area contributed by atoms with Crippen molar-refractivity contribution in [3.05, 3.63) is 12.4 Å². The SMILES string of the molecule is C=C(N1CCOC1)N1CCOC1. The molecule has 0 aliphatic carbocycles. The summed E-state index contributed by atoms with van der Waals surface area (Å²) in [6.45, 7) is 8.90. The fraction of sp³-hybridized carbons (Fsp3) is 0.750. The molecule has 2 aliphatic rings. The number of hydrogen-bond donors (Lipinski definition) is 0. The van der Waals surface area contributed by atoms with E-state index in [9.17, 15) is 0 Å². The van der Waals surface area contributed by atoms with Crippen molar-refractivity contribution in [1.29, 1.82) is 0 Å². The molecule has 0 radical (unpaired) electrons. The van der Waals surface area contributed by atoms with E-state index in [1.54, 1.807) is 0 Å². The van der Waals surface area contributed by atoms with Crippen LogP contribution in [-0.2, 0) is 9.47 Å². The zero-order valence-electron chi connectivity index (χ0n) is 7.16. The van der Waals surface area contributed by atoms with Crippen molar-refractivity contribution in [2.45, 2.75) is 0 Å². The molecule has 2 fully saturated rings. The van der Waals surface area contributed by atoms with Crippen LogP contribution >= 0.6 is 0 Å². The lowest BCUT2D eigenvalue weighted by atomic mass is 10.5. The number of ether oxygens (including phenoxy) is 2. The van der Waals surface area contributed by atoms with E-state index in [-0.39, 0.29) is 0 Å². The van der Waals surface area contributed by atoms with Crippen molar-refractivity contribution in [2.75, 3.05) is 39.8 Å². The molecule has 0 bridgehead atoms. The lowest BCUT2D eigenvalue weighted by molar-refractivity contribution is 0.113. The Morgan fingerprint density at radius 2 is 1.50 bits per heavy atom. The summed E-state index contributed by atoms with van der Waals surface area (Å²) in [7, 11) is 0. The van der Waals surface area contributed by atoms with Crippen molar-refractivity contribution in [3.63, 3.8) is 0 Å². The number of rotatable bonds is 2. The molecule has 0 amide bonds. The Morgan fingerprint density at radius 1 is 1.00 bits per heavy atom. The lowest BCUT2D eigenvalue weighted by Gasteiger charge is -2.26. The second-order valence-corrected chi connectivity index (χ2v) is 3.02. The van der Waals surface area contributed by atoms with Crippen LogP contribution in [0.3, 0.4) is 0 Å². The molecule has 12 heavy (non-hydrogen) atoms. The van der Waals surface area contributed by atoms with Gasteiger partial charge in [0.15, 0.2) is 0 Å². The molecule has 2 heterocycles. The van der Waals surface area contributed by atoms with Gasteiger partial charge in [-0.05, 0) is 0 Å². The first-order chi connectivity index (χ1) is 5.88. The van der Waals surface area contributed by atoms with Gasteiger partial charge >= 0.3 is 0 Å². The molecule has 68 valence electrons. The van der Waals surface area contributed by atoms with Crippen LogP contribution < -0.4 is 0 Å². The van der Waals surface area contributed by atoms with E-state index in [2.05, 4.69) is 16.4 Å². The molecule has 0 atom stereocenters. The van der Waals surface area contributed by atoms with E-state index in [1.165, 1.54) is 0 Å². The van der Waals surface area contributed by atoms with Crippen LogP contribution in [-0.4, -0.2) is 49.6 Å². The molecule has 2 aliphatic heterocycles. The minimum Gasteiger partial charge on any atom is -0.359 e. The number of hydrogen-bond acceptors (Lipinski definition) is 4. The lowest BCUT2D eigenvalue weighted by Crippen LogP contribution is -2.31. The standard InChI is InChI=1S/C8H14N2O2/c1-8(9-2-4-11-6-9)10-3-5-12-7-10/h1-7H2. The smallest absolute Gasteiger partial charge is 0.120 e. The van der Waals surface area contributed by atoms with Crippen LogP contribution in [0.15, 0.2) is 12.4 Å². The predicted octanol–water partition coefficient (Wildman–Crippen LogP) is 0.0370. The van der Waals surface area contributed by atoms with Gasteiger partial charge in [0.1, 0.15) is 19.3 Å². The Morgan fingerprint density at radius 3 is 1.83 bits per heavy atom. The van der Waals surface area contributed by atoms with E-state index in [0.29, 0.717) is 13.5 Å². The third kappa shape index (κ3) is 1.40. The fourth-order valence-electron chi connectivity index (χ4n) is 1.44. The summed E-state index contributed by atoms with van der Waals surface area (Å²) in [5, 5.41) is 0. The molecule has 0 N–H and O–H groups in total.